The summed E-state index contributed by atoms with van der Waals surface area (Å²) in [5, 5.41) is 3.56. The van der Waals surface area contributed by atoms with Gasteiger partial charge in [-0.25, -0.2) is 4.79 Å². The van der Waals surface area contributed by atoms with Gasteiger partial charge in [-0.3, -0.25) is 0 Å². The Labute approximate surface area is 132 Å². The third kappa shape index (κ3) is 7.93. The van der Waals surface area contributed by atoms with E-state index < -0.39 is 0 Å². The van der Waals surface area contributed by atoms with Crippen LogP contribution >= 0.6 is 11.6 Å². The predicted octanol–water partition coefficient (Wildman–Crippen LogP) is 3.54. The summed E-state index contributed by atoms with van der Waals surface area (Å²) < 4.78 is 5.47. The number of nitrogens with zero attached hydrogens (tertiary/aromatic N) is 1. The molecule has 0 unspecified atom stereocenters. The number of carbonyl (C=O) groups is 1. The van der Waals surface area contributed by atoms with E-state index in [-0.39, 0.29) is 6.03 Å². The number of nitrogens with one attached hydrogen (secondary N) is 1. The molecule has 0 saturated heterocycles. The van der Waals surface area contributed by atoms with Gasteiger partial charge in [0.05, 0.1) is 0 Å². The Kier molecular flexibility index (Phi) is 8.16. The van der Waals surface area contributed by atoms with Crippen molar-refractivity contribution in [1.29, 1.82) is 0 Å². The van der Waals surface area contributed by atoms with Crippen LogP contribution in [0.5, 0.6) is 0 Å². The number of amides is 2. The normalized spacial score (nSPS) is 10.7. The number of hydrogen-bond donors (Lipinski definition) is 1. The predicted molar refractivity (Wildman–Crippen MR) is 86.6 cm³/mol. The third-order valence-corrected chi connectivity index (χ3v) is 3.08. The molecule has 2 amide bonds. The van der Waals surface area contributed by atoms with Gasteiger partial charge in [0.2, 0.25) is 0 Å². The van der Waals surface area contributed by atoms with Crippen LogP contribution in [0, 0.1) is 5.92 Å². The van der Waals surface area contributed by atoms with Gasteiger partial charge < -0.3 is 15.0 Å². The molecule has 4 nitrogen and oxygen atoms in total. The maximum absolute atomic E-state index is 11.9. The van der Waals surface area contributed by atoms with Crippen LogP contribution in [0.3, 0.4) is 0 Å². The summed E-state index contributed by atoms with van der Waals surface area (Å²) in [4.78, 5) is 13.6. The minimum absolute atomic E-state index is 0.0844. The monoisotopic (exact) mass is 312 g/mol. The topological polar surface area (TPSA) is 41.6 Å². The molecular formula is C16H25ClN2O2. The van der Waals surface area contributed by atoms with Crippen molar-refractivity contribution in [2.75, 3.05) is 26.8 Å². The molecule has 0 saturated carbocycles. The summed E-state index contributed by atoms with van der Waals surface area (Å²) in [6.45, 7) is 6.84. The van der Waals surface area contributed by atoms with Gasteiger partial charge >= 0.3 is 6.03 Å². The van der Waals surface area contributed by atoms with Crippen LogP contribution in [-0.2, 0) is 11.3 Å². The van der Waals surface area contributed by atoms with E-state index in [0.717, 1.165) is 18.6 Å². The molecule has 0 aliphatic carbocycles. The molecule has 21 heavy (non-hydrogen) atoms. The Morgan fingerprint density at radius 1 is 1.43 bits per heavy atom. The average molecular weight is 313 g/mol. The maximum atomic E-state index is 11.9. The van der Waals surface area contributed by atoms with Gasteiger partial charge in [0.1, 0.15) is 0 Å². The van der Waals surface area contributed by atoms with E-state index in [4.69, 9.17) is 16.3 Å². The number of carbonyl (C=O) groups excluding carboxylic acids is 1. The lowest BCUT2D eigenvalue weighted by molar-refractivity contribution is 0.108. The van der Waals surface area contributed by atoms with Gasteiger partial charge in [0, 0.05) is 38.4 Å². The second-order valence-electron chi connectivity index (χ2n) is 5.54. The van der Waals surface area contributed by atoms with Crippen molar-refractivity contribution >= 4 is 17.6 Å². The first-order valence-electron chi connectivity index (χ1n) is 7.30. The first-order chi connectivity index (χ1) is 9.99. The fourth-order valence-corrected chi connectivity index (χ4v) is 2.02. The highest BCUT2D eigenvalue weighted by atomic mass is 35.5. The molecule has 1 rings (SSSR count). The lowest BCUT2D eigenvalue weighted by atomic mass is 10.2. The Balaban J connectivity index is 2.19. The largest absolute Gasteiger partial charge is 0.381 e. The van der Waals surface area contributed by atoms with Crippen molar-refractivity contribution in [3.8, 4) is 0 Å². The van der Waals surface area contributed by atoms with Crippen LogP contribution < -0.4 is 5.32 Å². The second kappa shape index (κ2) is 9.64. The number of urea groups is 1. The van der Waals surface area contributed by atoms with E-state index in [0.29, 0.717) is 30.6 Å². The molecule has 5 heteroatoms. The zero-order valence-electron chi connectivity index (χ0n) is 13.1. The summed E-state index contributed by atoms with van der Waals surface area (Å²) in [5.41, 5.74) is 1.01. The highest BCUT2D eigenvalue weighted by Crippen LogP contribution is 2.12. The van der Waals surface area contributed by atoms with E-state index in [1.807, 2.05) is 24.3 Å². The number of rotatable bonds is 8. The summed E-state index contributed by atoms with van der Waals surface area (Å²) in [6.07, 6.45) is 0.823. The fourth-order valence-electron chi connectivity index (χ4n) is 1.80. The molecule has 1 N–H and O–H groups in total. The van der Waals surface area contributed by atoms with Gasteiger partial charge in [0.25, 0.3) is 0 Å². The molecule has 0 radical (unpaired) electrons. The zero-order valence-corrected chi connectivity index (χ0v) is 13.8. The first kappa shape index (κ1) is 17.8. The number of hydrogen-bond acceptors (Lipinski definition) is 2. The molecule has 0 bridgehead atoms. The number of benzene rings is 1. The zero-order chi connectivity index (χ0) is 15.7. The van der Waals surface area contributed by atoms with E-state index in [1.165, 1.54) is 0 Å². The quantitative estimate of drug-likeness (QED) is 0.746. The molecule has 0 aromatic heterocycles. The molecule has 0 heterocycles. The second-order valence-corrected chi connectivity index (χ2v) is 5.98. The van der Waals surface area contributed by atoms with Crippen molar-refractivity contribution in [3.63, 3.8) is 0 Å². The minimum Gasteiger partial charge on any atom is -0.381 e. The summed E-state index contributed by atoms with van der Waals surface area (Å²) in [7, 11) is 1.77. The van der Waals surface area contributed by atoms with Crippen molar-refractivity contribution in [2.24, 2.45) is 5.92 Å². The van der Waals surface area contributed by atoms with Crippen molar-refractivity contribution < 1.29 is 9.53 Å². The van der Waals surface area contributed by atoms with E-state index in [2.05, 4.69) is 19.2 Å². The van der Waals surface area contributed by atoms with Crippen molar-refractivity contribution in [3.05, 3.63) is 34.9 Å². The first-order valence-corrected chi connectivity index (χ1v) is 7.68. The highest BCUT2D eigenvalue weighted by molar-refractivity contribution is 6.30. The SMILES string of the molecule is CC(C)COCCCNC(=O)N(C)Cc1cccc(Cl)c1. The van der Waals surface area contributed by atoms with Gasteiger partial charge in [-0.15, -0.1) is 0 Å². The Hall–Kier alpha value is -1.26. The molecule has 0 aliphatic heterocycles. The Morgan fingerprint density at radius 3 is 2.86 bits per heavy atom. The molecule has 0 aliphatic rings. The van der Waals surface area contributed by atoms with Gasteiger partial charge in [-0.2, -0.15) is 0 Å². The number of halogens is 1. The molecule has 1 aromatic rings. The molecule has 0 fully saturated rings. The third-order valence-electron chi connectivity index (χ3n) is 2.85. The summed E-state index contributed by atoms with van der Waals surface area (Å²) >= 11 is 5.93. The van der Waals surface area contributed by atoms with Crippen LogP contribution in [0.4, 0.5) is 4.79 Å². The summed E-state index contributed by atoms with van der Waals surface area (Å²) in [6, 6.07) is 7.44. The average Bonchev–Trinajstić information content (AvgIpc) is 2.42. The number of ether oxygens (including phenoxy) is 1. The molecule has 118 valence electrons. The van der Waals surface area contributed by atoms with Gasteiger partial charge in [-0.1, -0.05) is 37.6 Å². The lowest BCUT2D eigenvalue weighted by Gasteiger charge is -2.18. The lowest BCUT2D eigenvalue weighted by Crippen LogP contribution is -2.37. The van der Waals surface area contributed by atoms with E-state index >= 15 is 0 Å². The molecular weight excluding hydrogens is 288 g/mol. The van der Waals surface area contributed by atoms with E-state index in [9.17, 15) is 4.79 Å². The standard InChI is InChI=1S/C16H25ClN2O2/c1-13(2)12-21-9-5-8-18-16(20)19(3)11-14-6-4-7-15(17)10-14/h4,6-7,10,13H,5,8-9,11-12H2,1-3H3,(H,18,20). The summed E-state index contributed by atoms with van der Waals surface area (Å²) in [5.74, 6) is 0.545. The van der Waals surface area contributed by atoms with E-state index in [1.54, 1.807) is 11.9 Å². The molecule has 0 atom stereocenters. The van der Waals surface area contributed by atoms with Gasteiger partial charge in [-0.05, 0) is 30.0 Å². The smallest absolute Gasteiger partial charge is 0.317 e. The molecule has 0 spiro atoms. The van der Waals surface area contributed by atoms with Crippen molar-refractivity contribution in [1.82, 2.24) is 10.2 Å². The van der Waals surface area contributed by atoms with Crippen LogP contribution in [-0.4, -0.2) is 37.7 Å². The van der Waals surface area contributed by atoms with Crippen LogP contribution in [0.2, 0.25) is 5.02 Å². The fraction of sp³-hybridized carbons (Fsp3) is 0.562. The van der Waals surface area contributed by atoms with Gasteiger partial charge in [0.15, 0.2) is 0 Å². The Bertz CT molecular complexity index is 438. The van der Waals surface area contributed by atoms with Crippen LogP contribution in [0.1, 0.15) is 25.8 Å². The van der Waals surface area contributed by atoms with Crippen LogP contribution in [0.15, 0.2) is 24.3 Å². The Morgan fingerprint density at radius 2 is 2.19 bits per heavy atom. The van der Waals surface area contributed by atoms with Crippen molar-refractivity contribution in [2.45, 2.75) is 26.8 Å². The highest BCUT2D eigenvalue weighted by Gasteiger charge is 2.08. The maximum Gasteiger partial charge on any atom is 0.317 e. The van der Waals surface area contributed by atoms with Crippen LogP contribution in [0.25, 0.3) is 0 Å². The molecule has 1 aromatic carbocycles. The minimum atomic E-state index is -0.0844.